The second kappa shape index (κ2) is 8.55. The monoisotopic (exact) mass is 367 g/mol. The van der Waals surface area contributed by atoms with E-state index in [-0.39, 0.29) is 0 Å². The zero-order chi connectivity index (χ0) is 19.0. The lowest BCUT2D eigenvalue weighted by Gasteiger charge is -2.09. The van der Waals surface area contributed by atoms with Gasteiger partial charge in [0.1, 0.15) is 17.1 Å². The van der Waals surface area contributed by atoms with Crippen LogP contribution in [0.3, 0.4) is 0 Å². The number of hydrazone groups is 1. The second-order valence-corrected chi connectivity index (χ2v) is 5.83. The topological polar surface area (TPSA) is 76.2 Å². The minimum atomic E-state index is 0.321. The molecule has 0 radical (unpaired) electrons. The van der Waals surface area contributed by atoms with Gasteiger partial charge < -0.3 is 4.42 Å². The van der Waals surface area contributed by atoms with Gasteiger partial charge in [-0.05, 0) is 24.3 Å². The summed E-state index contributed by atoms with van der Waals surface area (Å²) in [7, 11) is 0. The van der Waals surface area contributed by atoms with E-state index < -0.39 is 0 Å². The maximum atomic E-state index is 5.21. The molecule has 4 aromatic rings. The third kappa shape index (κ3) is 4.19. The fraction of sp³-hybridized carbons (Fsp3) is 0. The van der Waals surface area contributed by atoms with Gasteiger partial charge in [-0.2, -0.15) is 5.10 Å². The lowest BCUT2D eigenvalue weighted by molar-refractivity contribution is 0.557. The van der Waals surface area contributed by atoms with Crippen molar-refractivity contribution in [2.24, 2.45) is 5.10 Å². The van der Waals surface area contributed by atoms with Gasteiger partial charge in [-0.3, -0.25) is 0 Å². The lowest BCUT2D eigenvalue weighted by Crippen LogP contribution is -2.02. The van der Waals surface area contributed by atoms with E-state index in [0.29, 0.717) is 5.95 Å². The van der Waals surface area contributed by atoms with Crippen molar-refractivity contribution in [3.63, 3.8) is 0 Å². The van der Waals surface area contributed by atoms with Crippen LogP contribution in [0, 0.1) is 0 Å². The van der Waals surface area contributed by atoms with Crippen LogP contribution in [0.1, 0.15) is 5.76 Å². The van der Waals surface area contributed by atoms with Crippen molar-refractivity contribution >= 4 is 18.2 Å². The summed E-state index contributed by atoms with van der Waals surface area (Å²) in [5.74, 6) is 1.07. The zero-order valence-corrected chi connectivity index (χ0v) is 14.9. The van der Waals surface area contributed by atoms with E-state index in [1.165, 1.54) is 0 Å². The summed E-state index contributed by atoms with van der Waals surface area (Å²) in [5.41, 5.74) is 6.19. The Labute approximate surface area is 162 Å². The molecule has 0 aliphatic carbocycles. The lowest BCUT2D eigenvalue weighted by atomic mass is 10.0. The van der Waals surface area contributed by atoms with Crippen molar-refractivity contribution in [3.8, 4) is 22.5 Å². The Morgan fingerprint density at radius 1 is 0.786 bits per heavy atom. The van der Waals surface area contributed by atoms with Crippen LogP contribution in [0.15, 0.2) is 94.7 Å². The van der Waals surface area contributed by atoms with Crippen LogP contribution in [-0.2, 0) is 0 Å². The molecule has 0 amide bonds. The van der Waals surface area contributed by atoms with E-state index in [1.54, 1.807) is 24.6 Å². The number of nitrogens with zero attached hydrogens (tertiary/aromatic N) is 4. The van der Waals surface area contributed by atoms with E-state index in [1.807, 2.05) is 72.8 Å². The molecular formula is C22H17N5O. The normalized spacial score (nSPS) is 11.3. The van der Waals surface area contributed by atoms with Crippen molar-refractivity contribution < 1.29 is 4.42 Å². The fourth-order valence-corrected chi connectivity index (χ4v) is 2.62. The molecule has 0 unspecified atom stereocenters. The average Bonchev–Trinajstić information content (AvgIpc) is 3.28. The molecule has 28 heavy (non-hydrogen) atoms. The van der Waals surface area contributed by atoms with Gasteiger partial charge in [0.15, 0.2) is 0 Å². The molecule has 4 rings (SSSR count). The Bertz CT molecular complexity index is 1070. The molecule has 1 N–H and O–H groups in total. The molecule has 0 saturated carbocycles. The van der Waals surface area contributed by atoms with Gasteiger partial charge in [-0.1, -0.05) is 60.7 Å². The predicted molar refractivity (Wildman–Crippen MR) is 111 cm³/mol. The van der Waals surface area contributed by atoms with Crippen molar-refractivity contribution in [1.82, 2.24) is 15.2 Å². The molecule has 0 bridgehead atoms. The SMILES string of the molecule is C(=C\c1ccco1)/C=N/Nc1nnc(-c2ccccc2)c(-c2ccccc2)n1. The number of rotatable bonds is 6. The van der Waals surface area contributed by atoms with Gasteiger partial charge in [0.25, 0.3) is 5.95 Å². The maximum absolute atomic E-state index is 5.21. The van der Waals surface area contributed by atoms with Crippen LogP contribution in [0.25, 0.3) is 28.6 Å². The van der Waals surface area contributed by atoms with Crippen molar-refractivity contribution in [3.05, 3.63) is 90.9 Å². The number of aromatic nitrogens is 3. The highest BCUT2D eigenvalue weighted by molar-refractivity contribution is 5.79. The number of allylic oxidation sites excluding steroid dienone is 1. The highest BCUT2D eigenvalue weighted by atomic mass is 16.3. The summed E-state index contributed by atoms with van der Waals surface area (Å²) in [6, 6.07) is 23.5. The molecule has 0 fully saturated rings. The third-order valence-corrected chi connectivity index (χ3v) is 3.91. The zero-order valence-electron chi connectivity index (χ0n) is 14.9. The van der Waals surface area contributed by atoms with E-state index >= 15 is 0 Å². The number of furan rings is 1. The highest BCUT2D eigenvalue weighted by Gasteiger charge is 2.12. The Balaban J connectivity index is 1.59. The van der Waals surface area contributed by atoms with Crippen molar-refractivity contribution in [2.45, 2.75) is 0 Å². The summed E-state index contributed by atoms with van der Waals surface area (Å²) in [5, 5.41) is 12.7. The van der Waals surface area contributed by atoms with Gasteiger partial charge >= 0.3 is 0 Å². The van der Waals surface area contributed by atoms with Gasteiger partial charge in [-0.25, -0.2) is 10.4 Å². The molecule has 0 atom stereocenters. The molecule has 2 aromatic carbocycles. The minimum Gasteiger partial charge on any atom is -0.465 e. The van der Waals surface area contributed by atoms with E-state index in [9.17, 15) is 0 Å². The molecule has 0 saturated heterocycles. The summed E-state index contributed by atoms with van der Waals surface area (Å²) in [4.78, 5) is 4.63. The highest BCUT2D eigenvalue weighted by Crippen LogP contribution is 2.28. The van der Waals surface area contributed by atoms with Crippen LogP contribution < -0.4 is 5.43 Å². The molecular weight excluding hydrogens is 350 g/mol. The Kier molecular flexibility index (Phi) is 5.30. The molecule has 2 heterocycles. The number of hydrogen-bond donors (Lipinski definition) is 1. The molecule has 0 aliphatic heterocycles. The Morgan fingerprint density at radius 3 is 2.18 bits per heavy atom. The fourth-order valence-electron chi connectivity index (χ4n) is 2.62. The number of nitrogens with one attached hydrogen (secondary N) is 1. The summed E-state index contributed by atoms with van der Waals surface area (Å²) >= 11 is 0. The number of benzene rings is 2. The Morgan fingerprint density at radius 2 is 1.50 bits per heavy atom. The van der Waals surface area contributed by atoms with Gasteiger partial charge in [0, 0.05) is 17.3 Å². The first-order valence-electron chi connectivity index (χ1n) is 8.75. The molecule has 0 aliphatic rings. The van der Waals surface area contributed by atoms with Crippen molar-refractivity contribution in [1.29, 1.82) is 0 Å². The smallest absolute Gasteiger partial charge is 0.263 e. The average molecular weight is 367 g/mol. The molecule has 6 nitrogen and oxygen atoms in total. The summed E-state index contributed by atoms with van der Waals surface area (Å²) < 4.78 is 5.21. The molecule has 0 spiro atoms. The van der Waals surface area contributed by atoms with E-state index in [4.69, 9.17) is 4.42 Å². The summed E-state index contributed by atoms with van der Waals surface area (Å²) in [6.07, 6.45) is 6.78. The third-order valence-electron chi connectivity index (χ3n) is 3.91. The van der Waals surface area contributed by atoms with E-state index in [2.05, 4.69) is 25.7 Å². The van der Waals surface area contributed by atoms with Gasteiger partial charge in [0.2, 0.25) is 0 Å². The van der Waals surface area contributed by atoms with Crippen LogP contribution >= 0.6 is 0 Å². The van der Waals surface area contributed by atoms with Gasteiger partial charge in [0.05, 0.1) is 6.26 Å². The molecule has 136 valence electrons. The number of hydrogen-bond acceptors (Lipinski definition) is 6. The first-order valence-corrected chi connectivity index (χ1v) is 8.75. The second-order valence-electron chi connectivity index (χ2n) is 5.83. The van der Waals surface area contributed by atoms with Crippen molar-refractivity contribution in [2.75, 3.05) is 5.43 Å². The summed E-state index contributed by atoms with van der Waals surface area (Å²) in [6.45, 7) is 0. The molecule has 2 aromatic heterocycles. The number of anilines is 1. The first-order chi connectivity index (χ1) is 13.9. The standard InChI is InChI=1S/C22H17N5O/c1-3-9-17(10-4-1)20-21(18-11-5-2-6-12-18)25-27-22(24-20)26-23-15-7-13-19-14-8-16-28-19/h1-16H,(H,24,26,27)/b13-7+,23-15+. The molecule has 6 heteroatoms. The van der Waals surface area contributed by atoms with Crippen LogP contribution in [0.5, 0.6) is 0 Å². The maximum Gasteiger partial charge on any atom is 0.263 e. The van der Waals surface area contributed by atoms with Crippen LogP contribution in [-0.4, -0.2) is 21.4 Å². The van der Waals surface area contributed by atoms with Crippen LogP contribution in [0.2, 0.25) is 0 Å². The van der Waals surface area contributed by atoms with Crippen LogP contribution in [0.4, 0.5) is 5.95 Å². The Hall–Kier alpha value is -4.06. The largest absolute Gasteiger partial charge is 0.465 e. The predicted octanol–water partition coefficient (Wildman–Crippen LogP) is 4.91. The quantitative estimate of drug-likeness (QED) is 0.387. The minimum absolute atomic E-state index is 0.321. The first kappa shape index (κ1) is 17.4. The van der Waals surface area contributed by atoms with Gasteiger partial charge in [-0.15, -0.1) is 10.2 Å². The van der Waals surface area contributed by atoms with E-state index in [0.717, 1.165) is 28.3 Å².